The lowest BCUT2D eigenvalue weighted by atomic mass is 9.73. The molecule has 0 aromatic heterocycles. The zero-order valence-corrected chi connectivity index (χ0v) is 18.3. The molecule has 5 rings (SSSR count). The number of rotatable bonds is 5. The standard InChI is InChI=1S/C24H34N2O4/c1-28-20-5-3-18(4-6-20)23(9-10-23)22(27)25-13-7-19(8-14-25)26-17-21(29-2)24(26)11-15-30-16-12-24/h3-6,19,21H,7-17H2,1-2H3. The van der Waals surface area contributed by atoms with Gasteiger partial charge in [0.2, 0.25) is 5.91 Å². The normalized spacial score (nSPS) is 28.2. The molecule has 3 saturated heterocycles. The van der Waals surface area contributed by atoms with Crippen molar-refractivity contribution in [3.8, 4) is 5.75 Å². The van der Waals surface area contributed by atoms with Gasteiger partial charge >= 0.3 is 0 Å². The highest BCUT2D eigenvalue weighted by Crippen LogP contribution is 2.50. The van der Waals surface area contributed by atoms with Crippen molar-refractivity contribution in [2.75, 3.05) is 47.1 Å². The molecule has 1 aliphatic carbocycles. The number of carbonyl (C=O) groups is 1. The first-order valence-corrected chi connectivity index (χ1v) is 11.4. The number of piperidine rings is 1. The average Bonchev–Trinajstić information content (AvgIpc) is 3.61. The minimum Gasteiger partial charge on any atom is -0.497 e. The van der Waals surface area contributed by atoms with Crippen LogP contribution in [0.25, 0.3) is 0 Å². The molecule has 1 unspecified atom stereocenters. The number of methoxy groups -OCH3 is 2. The topological polar surface area (TPSA) is 51.2 Å². The fourth-order valence-electron chi connectivity index (χ4n) is 6.09. The predicted octanol–water partition coefficient (Wildman–Crippen LogP) is 2.60. The van der Waals surface area contributed by atoms with Gasteiger partial charge in [-0.15, -0.1) is 0 Å². The van der Waals surface area contributed by atoms with Gasteiger partial charge < -0.3 is 19.1 Å². The number of hydrogen-bond donors (Lipinski definition) is 0. The van der Waals surface area contributed by atoms with Crippen LogP contribution in [0, 0.1) is 0 Å². The van der Waals surface area contributed by atoms with Crippen LogP contribution in [0.4, 0.5) is 0 Å². The molecule has 3 aliphatic heterocycles. The van der Waals surface area contributed by atoms with Crippen molar-refractivity contribution >= 4 is 5.91 Å². The Morgan fingerprint density at radius 3 is 2.27 bits per heavy atom. The highest BCUT2D eigenvalue weighted by Gasteiger charge is 2.57. The van der Waals surface area contributed by atoms with Gasteiger partial charge in [0.1, 0.15) is 5.75 Å². The molecule has 0 N–H and O–H groups in total. The van der Waals surface area contributed by atoms with E-state index < -0.39 is 0 Å². The van der Waals surface area contributed by atoms with Crippen LogP contribution >= 0.6 is 0 Å². The minimum atomic E-state index is -0.293. The minimum absolute atomic E-state index is 0.157. The maximum Gasteiger partial charge on any atom is 0.233 e. The number of likely N-dealkylation sites (tertiary alicyclic amines) is 2. The van der Waals surface area contributed by atoms with Crippen molar-refractivity contribution in [2.24, 2.45) is 0 Å². The summed E-state index contributed by atoms with van der Waals surface area (Å²) in [4.78, 5) is 18.2. The summed E-state index contributed by atoms with van der Waals surface area (Å²) in [5.41, 5.74) is 1.01. The lowest BCUT2D eigenvalue weighted by molar-refractivity contribution is -0.208. The second-order valence-electron chi connectivity index (χ2n) is 9.43. The molecule has 1 aromatic carbocycles. The Hall–Kier alpha value is -1.63. The Bertz CT molecular complexity index is 762. The molecular weight excluding hydrogens is 380 g/mol. The largest absolute Gasteiger partial charge is 0.497 e. The summed E-state index contributed by atoms with van der Waals surface area (Å²) in [6.45, 7) is 4.41. The van der Waals surface area contributed by atoms with Crippen LogP contribution in [-0.4, -0.2) is 80.5 Å². The van der Waals surface area contributed by atoms with E-state index in [1.54, 1.807) is 7.11 Å². The van der Waals surface area contributed by atoms with E-state index in [1.165, 1.54) is 0 Å². The number of nitrogens with zero attached hydrogens (tertiary/aromatic N) is 2. The number of carbonyl (C=O) groups excluding carboxylic acids is 1. The van der Waals surface area contributed by atoms with Crippen LogP contribution in [0.2, 0.25) is 0 Å². The lowest BCUT2D eigenvalue weighted by Crippen LogP contribution is -2.75. The molecule has 1 saturated carbocycles. The van der Waals surface area contributed by atoms with Gasteiger partial charge in [0.25, 0.3) is 0 Å². The van der Waals surface area contributed by atoms with E-state index in [1.807, 2.05) is 19.2 Å². The first kappa shape index (κ1) is 20.3. The highest BCUT2D eigenvalue weighted by molar-refractivity contribution is 5.91. The van der Waals surface area contributed by atoms with Crippen molar-refractivity contribution in [1.82, 2.24) is 9.80 Å². The Morgan fingerprint density at radius 2 is 1.70 bits per heavy atom. The molecule has 4 fully saturated rings. The van der Waals surface area contributed by atoms with Crippen LogP contribution in [0.3, 0.4) is 0 Å². The van der Waals surface area contributed by atoms with Crippen LogP contribution in [-0.2, 0) is 19.7 Å². The van der Waals surface area contributed by atoms with Crippen LogP contribution in [0.5, 0.6) is 5.75 Å². The first-order valence-electron chi connectivity index (χ1n) is 11.4. The second kappa shape index (κ2) is 7.81. The molecule has 1 aromatic rings. The van der Waals surface area contributed by atoms with E-state index in [9.17, 15) is 4.79 Å². The van der Waals surface area contributed by atoms with Crippen molar-refractivity contribution < 1.29 is 19.0 Å². The lowest BCUT2D eigenvalue weighted by Gasteiger charge is -2.63. The van der Waals surface area contributed by atoms with Gasteiger partial charge in [-0.25, -0.2) is 0 Å². The summed E-state index contributed by atoms with van der Waals surface area (Å²) in [5.74, 6) is 1.17. The number of benzene rings is 1. The molecule has 164 valence electrons. The van der Waals surface area contributed by atoms with E-state index in [0.717, 1.165) is 82.7 Å². The predicted molar refractivity (Wildman–Crippen MR) is 114 cm³/mol. The molecule has 6 nitrogen and oxygen atoms in total. The molecule has 0 radical (unpaired) electrons. The Balaban J connectivity index is 1.22. The van der Waals surface area contributed by atoms with Crippen molar-refractivity contribution in [2.45, 2.75) is 61.6 Å². The fourth-order valence-corrected chi connectivity index (χ4v) is 6.09. The maximum absolute atomic E-state index is 13.4. The van der Waals surface area contributed by atoms with Gasteiger partial charge in [0.15, 0.2) is 0 Å². The van der Waals surface area contributed by atoms with E-state index in [4.69, 9.17) is 14.2 Å². The molecule has 0 bridgehead atoms. The van der Waals surface area contributed by atoms with Gasteiger partial charge in [-0.2, -0.15) is 0 Å². The van der Waals surface area contributed by atoms with Crippen LogP contribution < -0.4 is 4.74 Å². The third kappa shape index (κ3) is 3.15. The summed E-state index contributed by atoms with van der Waals surface area (Å²) in [7, 11) is 3.52. The van der Waals surface area contributed by atoms with Gasteiger partial charge in [-0.05, 0) is 56.2 Å². The summed E-state index contributed by atoms with van der Waals surface area (Å²) in [5, 5.41) is 0. The molecule has 6 heteroatoms. The van der Waals surface area contributed by atoms with Crippen molar-refractivity contribution in [1.29, 1.82) is 0 Å². The average molecular weight is 415 g/mol. The third-order valence-corrected chi connectivity index (χ3v) is 8.17. The number of amides is 1. The first-order chi connectivity index (χ1) is 14.6. The number of ether oxygens (including phenoxy) is 3. The van der Waals surface area contributed by atoms with E-state index in [2.05, 4.69) is 21.9 Å². The summed E-state index contributed by atoms with van der Waals surface area (Å²) in [6, 6.07) is 8.62. The van der Waals surface area contributed by atoms with Crippen LogP contribution in [0.15, 0.2) is 24.3 Å². The van der Waals surface area contributed by atoms with Crippen molar-refractivity contribution in [3.63, 3.8) is 0 Å². The van der Waals surface area contributed by atoms with E-state index in [0.29, 0.717) is 18.1 Å². The monoisotopic (exact) mass is 414 g/mol. The second-order valence-corrected chi connectivity index (χ2v) is 9.43. The third-order valence-electron chi connectivity index (χ3n) is 8.17. The van der Waals surface area contributed by atoms with E-state index in [-0.39, 0.29) is 11.0 Å². The molecule has 3 heterocycles. The Morgan fingerprint density at radius 1 is 1.03 bits per heavy atom. The Labute approximate surface area is 179 Å². The number of hydrogen-bond acceptors (Lipinski definition) is 5. The van der Waals surface area contributed by atoms with Crippen LogP contribution in [0.1, 0.15) is 44.1 Å². The fraction of sp³-hybridized carbons (Fsp3) is 0.708. The van der Waals surface area contributed by atoms with Crippen molar-refractivity contribution in [3.05, 3.63) is 29.8 Å². The van der Waals surface area contributed by atoms with E-state index >= 15 is 0 Å². The van der Waals surface area contributed by atoms with Gasteiger partial charge in [-0.3, -0.25) is 9.69 Å². The molecule has 30 heavy (non-hydrogen) atoms. The zero-order valence-electron chi connectivity index (χ0n) is 18.3. The maximum atomic E-state index is 13.4. The summed E-state index contributed by atoms with van der Waals surface area (Å²) in [6.07, 6.45) is 6.49. The molecule has 1 spiro atoms. The Kier molecular flexibility index (Phi) is 5.28. The van der Waals surface area contributed by atoms with Gasteiger partial charge in [0, 0.05) is 46.0 Å². The van der Waals surface area contributed by atoms with Gasteiger partial charge in [-0.1, -0.05) is 12.1 Å². The molecule has 4 aliphatic rings. The zero-order chi connectivity index (χ0) is 20.8. The summed E-state index contributed by atoms with van der Waals surface area (Å²) < 4.78 is 16.7. The highest BCUT2D eigenvalue weighted by atomic mass is 16.5. The summed E-state index contributed by atoms with van der Waals surface area (Å²) >= 11 is 0. The smallest absolute Gasteiger partial charge is 0.233 e. The molecular formula is C24H34N2O4. The quantitative estimate of drug-likeness (QED) is 0.741. The molecule has 1 atom stereocenters. The van der Waals surface area contributed by atoms with Gasteiger partial charge in [0.05, 0.1) is 24.2 Å². The SMILES string of the molecule is COc1ccc(C2(C(=O)N3CCC(N4CC(OC)C45CCOCC5)CC3)CC2)cc1. The molecule has 1 amide bonds.